The summed E-state index contributed by atoms with van der Waals surface area (Å²) in [5.74, 6) is -0.245. The van der Waals surface area contributed by atoms with Crippen LogP contribution in [-0.4, -0.2) is 50.7 Å². The first kappa shape index (κ1) is 18.9. The van der Waals surface area contributed by atoms with E-state index in [1.807, 2.05) is 11.5 Å². The van der Waals surface area contributed by atoms with E-state index in [9.17, 15) is 12.8 Å². The number of ether oxygens (including phenoxy) is 1. The molecule has 1 saturated heterocycles. The predicted molar refractivity (Wildman–Crippen MR) is 97.4 cm³/mol. The standard InChI is InChI=1S/C18H24FN3O3S/c1-13-14(2)22(8-7-21-9-11-25-12-10-21)18(20)17(13)26(23,24)16-5-3-15(19)4-6-16/h3-6H,7-12,20H2,1-2H3. The van der Waals surface area contributed by atoms with Gasteiger partial charge in [-0.1, -0.05) is 0 Å². The molecule has 0 spiro atoms. The van der Waals surface area contributed by atoms with Crippen molar-refractivity contribution in [3.05, 3.63) is 41.3 Å². The largest absolute Gasteiger partial charge is 0.384 e. The van der Waals surface area contributed by atoms with Crippen LogP contribution >= 0.6 is 0 Å². The fraction of sp³-hybridized carbons (Fsp3) is 0.444. The second kappa shape index (κ2) is 7.38. The lowest BCUT2D eigenvalue weighted by atomic mass is 10.3. The van der Waals surface area contributed by atoms with Crippen LogP contribution in [0.4, 0.5) is 10.2 Å². The molecule has 1 aliphatic rings. The molecule has 2 N–H and O–H groups in total. The zero-order valence-electron chi connectivity index (χ0n) is 15.0. The Balaban J connectivity index is 1.92. The van der Waals surface area contributed by atoms with Gasteiger partial charge >= 0.3 is 0 Å². The first-order chi connectivity index (χ1) is 12.3. The predicted octanol–water partition coefficient (Wildman–Crippen LogP) is 1.99. The van der Waals surface area contributed by atoms with E-state index in [-0.39, 0.29) is 15.6 Å². The normalized spacial score (nSPS) is 16.1. The summed E-state index contributed by atoms with van der Waals surface area (Å²) >= 11 is 0. The van der Waals surface area contributed by atoms with Crippen molar-refractivity contribution in [3.8, 4) is 0 Å². The molecule has 1 fully saturated rings. The Labute approximate surface area is 153 Å². The van der Waals surface area contributed by atoms with Crippen LogP contribution in [0.5, 0.6) is 0 Å². The Bertz CT molecular complexity index is 885. The SMILES string of the molecule is Cc1c(S(=O)(=O)c2ccc(F)cc2)c(N)n(CCN2CCOCC2)c1C. The average Bonchev–Trinajstić information content (AvgIpc) is 2.84. The lowest BCUT2D eigenvalue weighted by Crippen LogP contribution is -2.38. The van der Waals surface area contributed by atoms with Gasteiger partial charge < -0.3 is 15.0 Å². The molecule has 0 aliphatic carbocycles. The topological polar surface area (TPSA) is 77.6 Å². The Hall–Kier alpha value is -1.90. The molecule has 1 aliphatic heterocycles. The van der Waals surface area contributed by atoms with Gasteiger partial charge in [-0.15, -0.1) is 0 Å². The van der Waals surface area contributed by atoms with Crippen LogP contribution in [0, 0.1) is 19.7 Å². The summed E-state index contributed by atoms with van der Waals surface area (Å²) in [6.45, 7) is 8.16. The number of morpholine rings is 1. The van der Waals surface area contributed by atoms with Crippen molar-refractivity contribution in [1.82, 2.24) is 9.47 Å². The Morgan fingerprint density at radius 1 is 1.12 bits per heavy atom. The third-order valence-electron chi connectivity index (χ3n) is 4.95. The summed E-state index contributed by atoms with van der Waals surface area (Å²) in [5, 5.41) is 0. The summed E-state index contributed by atoms with van der Waals surface area (Å²) in [4.78, 5) is 2.42. The number of halogens is 1. The quantitative estimate of drug-likeness (QED) is 0.802. The summed E-state index contributed by atoms with van der Waals surface area (Å²) in [6, 6.07) is 4.81. The summed E-state index contributed by atoms with van der Waals surface area (Å²) in [5.41, 5.74) is 7.70. The molecule has 2 heterocycles. The van der Waals surface area contributed by atoms with Gasteiger partial charge in [0.2, 0.25) is 9.84 Å². The zero-order chi connectivity index (χ0) is 18.9. The number of rotatable bonds is 5. The highest BCUT2D eigenvalue weighted by Gasteiger charge is 2.28. The number of hydrogen-bond donors (Lipinski definition) is 1. The van der Waals surface area contributed by atoms with Crippen LogP contribution in [0.2, 0.25) is 0 Å². The zero-order valence-corrected chi connectivity index (χ0v) is 15.9. The number of nitrogens with two attached hydrogens (primary N) is 1. The molecule has 0 saturated carbocycles. The van der Waals surface area contributed by atoms with Gasteiger partial charge in [-0.05, 0) is 43.7 Å². The van der Waals surface area contributed by atoms with Gasteiger partial charge in [0.1, 0.15) is 16.5 Å². The molecular weight excluding hydrogens is 357 g/mol. The van der Waals surface area contributed by atoms with Crippen LogP contribution in [0.1, 0.15) is 11.3 Å². The van der Waals surface area contributed by atoms with E-state index >= 15 is 0 Å². The van der Waals surface area contributed by atoms with Crippen molar-refractivity contribution in [2.45, 2.75) is 30.2 Å². The van der Waals surface area contributed by atoms with Crippen molar-refractivity contribution in [1.29, 1.82) is 0 Å². The smallest absolute Gasteiger partial charge is 0.210 e. The van der Waals surface area contributed by atoms with Gasteiger partial charge in [-0.2, -0.15) is 0 Å². The molecule has 6 nitrogen and oxygen atoms in total. The van der Waals surface area contributed by atoms with Gasteiger partial charge in [0.05, 0.1) is 18.1 Å². The van der Waals surface area contributed by atoms with E-state index in [2.05, 4.69) is 4.90 Å². The molecule has 142 valence electrons. The monoisotopic (exact) mass is 381 g/mol. The van der Waals surface area contributed by atoms with E-state index in [0.29, 0.717) is 25.3 Å². The van der Waals surface area contributed by atoms with Crippen LogP contribution in [0.15, 0.2) is 34.1 Å². The van der Waals surface area contributed by atoms with E-state index < -0.39 is 15.7 Å². The van der Waals surface area contributed by atoms with E-state index in [0.717, 1.165) is 37.5 Å². The third-order valence-corrected chi connectivity index (χ3v) is 6.89. The number of nitrogens with zero attached hydrogens (tertiary/aromatic N) is 2. The second-order valence-electron chi connectivity index (χ2n) is 6.49. The summed E-state index contributed by atoms with van der Waals surface area (Å²) in [7, 11) is -3.81. The van der Waals surface area contributed by atoms with Crippen molar-refractivity contribution in [2.75, 3.05) is 38.6 Å². The van der Waals surface area contributed by atoms with Gasteiger partial charge in [-0.25, -0.2) is 12.8 Å². The minimum atomic E-state index is -3.81. The number of benzene rings is 1. The molecule has 8 heteroatoms. The molecule has 0 bridgehead atoms. The summed E-state index contributed by atoms with van der Waals surface area (Å²) < 4.78 is 46.4. The lowest BCUT2D eigenvalue weighted by Gasteiger charge is -2.27. The molecule has 3 rings (SSSR count). The van der Waals surface area contributed by atoms with E-state index in [1.165, 1.54) is 12.1 Å². The molecule has 0 radical (unpaired) electrons. The number of nitrogen functional groups attached to an aromatic ring is 1. The van der Waals surface area contributed by atoms with Crippen LogP contribution in [-0.2, 0) is 21.1 Å². The van der Waals surface area contributed by atoms with Gasteiger partial charge in [-0.3, -0.25) is 4.90 Å². The van der Waals surface area contributed by atoms with Crippen LogP contribution in [0.3, 0.4) is 0 Å². The molecule has 0 unspecified atom stereocenters. The fourth-order valence-electron chi connectivity index (χ4n) is 3.29. The lowest BCUT2D eigenvalue weighted by molar-refractivity contribution is 0.0364. The van der Waals surface area contributed by atoms with Gasteiger partial charge in [0.25, 0.3) is 0 Å². The molecule has 0 atom stereocenters. The first-order valence-electron chi connectivity index (χ1n) is 8.58. The molecule has 1 aromatic carbocycles. The molecular formula is C18H24FN3O3S. The van der Waals surface area contributed by atoms with Crippen molar-refractivity contribution in [3.63, 3.8) is 0 Å². The highest BCUT2D eigenvalue weighted by Crippen LogP contribution is 2.33. The molecule has 2 aromatic rings. The van der Waals surface area contributed by atoms with E-state index in [1.54, 1.807) is 6.92 Å². The Kier molecular flexibility index (Phi) is 5.36. The Morgan fingerprint density at radius 2 is 1.73 bits per heavy atom. The van der Waals surface area contributed by atoms with Crippen LogP contribution in [0.25, 0.3) is 0 Å². The van der Waals surface area contributed by atoms with Crippen molar-refractivity contribution in [2.24, 2.45) is 0 Å². The third kappa shape index (κ3) is 3.49. The van der Waals surface area contributed by atoms with Gasteiger partial charge in [0.15, 0.2) is 0 Å². The average molecular weight is 381 g/mol. The fourth-order valence-corrected chi connectivity index (χ4v) is 4.95. The minimum Gasteiger partial charge on any atom is -0.384 e. The highest BCUT2D eigenvalue weighted by molar-refractivity contribution is 7.91. The Morgan fingerprint density at radius 3 is 2.35 bits per heavy atom. The minimum absolute atomic E-state index is 0.0408. The molecule has 26 heavy (non-hydrogen) atoms. The number of anilines is 1. The van der Waals surface area contributed by atoms with Gasteiger partial charge in [0, 0.05) is 31.9 Å². The van der Waals surface area contributed by atoms with Crippen LogP contribution < -0.4 is 5.73 Å². The number of hydrogen-bond acceptors (Lipinski definition) is 5. The maximum Gasteiger partial charge on any atom is 0.210 e. The molecule has 1 aromatic heterocycles. The van der Waals surface area contributed by atoms with E-state index in [4.69, 9.17) is 10.5 Å². The maximum absolute atomic E-state index is 13.1. The maximum atomic E-state index is 13.1. The second-order valence-corrected chi connectivity index (χ2v) is 8.37. The molecule has 0 amide bonds. The summed E-state index contributed by atoms with van der Waals surface area (Å²) in [6.07, 6.45) is 0. The van der Waals surface area contributed by atoms with Crippen molar-refractivity contribution >= 4 is 15.7 Å². The number of sulfone groups is 1. The first-order valence-corrected chi connectivity index (χ1v) is 10.1. The number of aromatic nitrogens is 1. The van der Waals surface area contributed by atoms with Crippen molar-refractivity contribution < 1.29 is 17.5 Å². The highest BCUT2D eigenvalue weighted by atomic mass is 32.2.